The van der Waals surface area contributed by atoms with Gasteiger partial charge in [-0.25, -0.2) is 9.59 Å². The van der Waals surface area contributed by atoms with Crippen LogP contribution in [0.2, 0.25) is 5.02 Å². The molecule has 2 aliphatic rings. The van der Waals surface area contributed by atoms with Crippen LogP contribution in [0.25, 0.3) is 10.9 Å². The molecule has 2 heterocycles. The number of alkyl carbamates (subject to hydrolysis) is 1. The summed E-state index contributed by atoms with van der Waals surface area (Å²) >= 11 is 7.07. The van der Waals surface area contributed by atoms with E-state index in [-0.39, 0.29) is 29.0 Å². The molecule has 8 nitrogen and oxygen atoms in total. The van der Waals surface area contributed by atoms with Crippen LogP contribution in [-0.4, -0.2) is 46.5 Å². The third-order valence-electron chi connectivity index (χ3n) is 7.46. The van der Waals surface area contributed by atoms with Gasteiger partial charge in [0.2, 0.25) is 5.43 Å². The van der Waals surface area contributed by atoms with Gasteiger partial charge >= 0.3 is 12.1 Å². The topological polar surface area (TPSA) is 101 Å². The summed E-state index contributed by atoms with van der Waals surface area (Å²) in [6.45, 7) is 15.1. The molecule has 0 unspecified atom stereocenters. The van der Waals surface area contributed by atoms with E-state index >= 15 is 0 Å². The molecule has 9 heteroatoms. The smallest absolute Gasteiger partial charge is 0.407 e. The molecule has 1 amide bonds. The van der Waals surface area contributed by atoms with Crippen LogP contribution in [-0.2, 0) is 4.74 Å². The molecule has 1 aliphatic carbocycles. The Morgan fingerprint density at radius 3 is 2.44 bits per heavy atom. The molecule has 1 saturated heterocycles. The zero-order valence-electron chi connectivity index (χ0n) is 22.1. The first kappa shape index (κ1) is 26.3. The van der Waals surface area contributed by atoms with Crippen molar-refractivity contribution in [1.29, 1.82) is 0 Å². The van der Waals surface area contributed by atoms with Crippen molar-refractivity contribution in [3.8, 4) is 0 Å². The standard InChI is InChI=1S/C27H36ClN3O5/c1-14-10-17-22(31(16-8-9-16)11-18(23(17)32)24(33)34)20(28)21(14)30-12-19(15(2)27(6,7)13-30)29-25(35)36-26(3,4)5/h10-11,15-16,19H,8-9,12-13H2,1-7H3,(H,29,35)(H,33,34)/t15-,19+/m0/s1. The van der Waals surface area contributed by atoms with Gasteiger partial charge in [-0.15, -0.1) is 0 Å². The average molecular weight is 518 g/mol. The number of hydrogen-bond donors (Lipinski definition) is 2. The second-order valence-corrected chi connectivity index (χ2v) is 12.4. The largest absolute Gasteiger partial charge is 0.477 e. The first-order valence-corrected chi connectivity index (χ1v) is 12.8. The Bertz CT molecular complexity index is 1290. The van der Waals surface area contributed by atoms with E-state index in [0.29, 0.717) is 29.0 Å². The molecule has 2 N–H and O–H groups in total. The molecular formula is C27H36ClN3O5. The average Bonchev–Trinajstić information content (AvgIpc) is 3.55. The van der Waals surface area contributed by atoms with Crippen molar-refractivity contribution in [3.63, 3.8) is 0 Å². The number of aromatic carboxylic acids is 1. The van der Waals surface area contributed by atoms with Crippen molar-refractivity contribution in [2.75, 3.05) is 18.0 Å². The van der Waals surface area contributed by atoms with Gasteiger partial charge in [0.15, 0.2) is 0 Å². The number of carboxylic acids is 1. The Labute approximate surface area is 216 Å². The summed E-state index contributed by atoms with van der Waals surface area (Å²) in [5, 5.41) is 13.4. The van der Waals surface area contributed by atoms with E-state index in [1.807, 2.05) is 32.3 Å². The maximum Gasteiger partial charge on any atom is 0.407 e. The minimum atomic E-state index is -1.24. The van der Waals surface area contributed by atoms with E-state index in [0.717, 1.165) is 24.1 Å². The van der Waals surface area contributed by atoms with Crippen molar-refractivity contribution in [3.05, 3.63) is 38.6 Å². The van der Waals surface area contributed by atoms with E-state index in [1.165, 1.54) is 6.20 Å². The number of aromatic nitrogens is 1. The Balaban J connectivity index is 1.80. The van der Waals surface area contributed by atoms with Gasteiger partial charge in [-0.2, -0.15) is 0 Å². The number of hydrogen-bond acceptors (Lipinski definition) is 5. The molecule has 1 aliphatic heterocycles. The maximum atomic E-state index is 13.1. The lowest BCUT2D eigenvalue weighted by atomic mass is 9.72. The number of fused-ring (bicyclic) bond motifs is 1. The predicted molar refractivity (Wildman–Crippen MR) is 142 cm³/mol. The van der Waals surface area contributed by atoms with Crippen molar-refractivity contribution < 1.29 is 19.4 Å². The normalized spacial score (nSPS) is 21.9. The number of benzene rings is 1. The molecule has 1 aromatic heterocycles. The lowest BCUT2D eigenvalue weighted by Crippen LogP contribution is -2.59. The van der Waals surface area contributed by atoms with E-state index in [4.69, 9.17) is 16.3 Å². The monoisotopic (exact) mass is 517 g/mol. The fourth-order valence-corrected chi connectivity index (χ4v) is 5.68. The quantitative estimate of drug-likeness (QED) is 0.565. The third kappa shape index (κ3) is 4.92. The van der Waals surface area contributed by atoms with Crippen LogP contribution >= 0.6 is 11.6 Å². The van der Waals surface area contributed by atoms with Gasteiger partial charge in [-0.1, -0.05) is 32.4 Å². The molecule has 2 aromatic rings. The van der Waals surface area contributed by atoms with Gasteiger partial charge in [-0.05, 0) is 63.5 Å². The molecule has 0 bridgehead atoms. The highest BCUT2D eigenvalue weighted by Crippen LogP contribution is 2.45. The fourth-order valence-electron chi connectivity index (χ4n) is 5.21. The molecular weight excluding hydrogens is 482 g/mol. The minimum Gasteiger partial charge on any atom is -0.477 e. The van der Waals surface area contributed by atoms with Crippen molar-refractivity contribution >= 4 is 40.3 Å². The Morgan fingerprint density at radius 2 is 1.89 bits per heavy atom. The summed E-state index contributed by atoms with van der Waals surface area (Å²) < 4.78 is 7.38. The van der Waals surface area contributed by atoms with Gasteiger partial charge < -0.3 is 24.6 Å². The van der Waals surface area contributed by atoms with Crippen LogP contribution in [0.5, 0.6) is 0 Å². The number of halogens is 1. The Hall–Kier alpha value is -2.74. The van der Waals surface area contributed by atoms with Crippen LogP contribution in [0.15, 0.2) is 17.1 Å². The van der Waals surface area contributed by atoms with Gasteiger partial charge in [0, 0.05) is 30.7 Å². The zero-order chi connectivity index (χ0) is 26.7. The number of nitrogens with one attached hydrogen (secondary N) is 1. The number of pyridine rings is 1. The number of ether oxygens (including phenoxy) is 1. The van der Waals surface area contributed by atoms with Crippen LogP contribution in [0, 0.1) is 18.3 Å². The summed E-state index contributed by atoms with van der Waals surface area (Å²) in [7, 11) is 0. The number of rotatable bonds is 4. The number of amides is 1. The van der Waals surface area contributed by atoms with Crippen LogP contribution in [0.3, 0.4) is 0 Å². The van der Waals surface area contributed by atoms with Crippen molar-refractivity contribution in [1.82, 2.24) is 9.88 Å². The van der Waals surface area contributed by atoms with E-state index in [9.17, 15) is 19.5 Å². The van der Waals surface area contributed by atoms with Crippen LogP contribution in [0.1, 0.15) is 76.3 Å². The first-order chi connectivity index (χ1) is 16.6. The van der Waals surface area contributed by atoms with Gasteiger partial charge in [0.1, 0.15) is 11.2 Å². The highest BCUT2D eigenvalue weighted by Gasteiger charge is 2.42. The number of aryl methyl sites for hydroxylation is 1. The summed E-state index contributed by atoms with van der Waals surface area (Å²) in [5.41, 5.74) is 0.633. The molecule has 2 atom stereocenters. The van der Waals surface area contributed by atoms with Crippen LogP contribution < -0.4 is 15.6 Å². The van der Waals surface area contributed by atoms with E-state index < -0.39 is 23.1 Å². The second kappa shape index (κ2) is 8.98. The minimum absolute atomic E-state index is 0.124. The number of carbonyl (C=O) groups excluding carboxylic acids is 1. The van der Waals surface area contributed by atoms with Gasteiger partial charge in [-0.3, -0.25) is 4.79 Å². The molecule has 0 radical (unpaired) electrons. The summed E-state index contributed by atoms with van der Waals surface area (Å²) in [4.78, 5) is 39.6. The summed E-state index contributed by atoms with van der Waals surface area (Å²) in [5.74, 6) is -1.07. The second-order valence-electron chi connectivity index (χ2n) is 12.0. The Kier molecular flexibility index (Phi) is 6.56. The van der Waals surface area contributed by atoms with E-state index in [2.05, 4.69) is 31.0 Å². The lowest BCUT2D eigenvalue weighted by Gasteiger charge is -2.49. The first-order valence-electron chi connectivity index (χ1n) is 12.5. The summed E-state index contributed by atoms with van der Waals surface area (Å²) in [6, 6.07) is 1.69. The fraction of sp³-hybridized carbons (Fsp3) is 0.593. The molecule has 1 saturated carbocycles. The van der Waals surface area contributed by atoms with Gasteiger partial charge in [0.25, 0.3) is 0 Å². The number of piperidine rings is 1. The highest BCUT2D eigenvalue weighted by atomic mass is 35.5. The molecule has 196 valence electrons. The maximum absolute atomic E-state index is 13.1. The van der Waals surface area contributed by atoms with E-state index in [1.54, 1.807) is 6.07 Å². The molecule has 4 rings (SSSR count). The third-order valence-corrected chi connectivity index (χ3v) is 7.82. The predicted octanol–water partition coefficient (Wildman–Crippen LogP) is 5.37. The molecule has 0 spiro atoms. The molecule has 36 heavy (non-hydrogen) atoms. The molecule has 1 aromatic carbocycles. The number of carbonyl (C=O) groups is 2. The van der Waals surface area contributed by atoms with Crippen LogP contribution in [0.4, 0.5) is 10.5 Å². The SMILES string of the molecule is Cc1cc2c(=O)c(C(=O)O)cn(C3CC3)c2c(Cl)c1N1C[C@@H](NC(=O)OC(C)(C)C)[C@H](C)C(C)(C)C1. The van der Waals surface area contributed by atoms with Crippen molar-refractivity contribution in [2.45, 2.75) is 79.0 Å². The van der Waals surface area contributed by atoms with Gasteiger partial charge in [0.05, 0.1) is 22.3 Å². The highest BCUT2D eigenvalue weighted by molar-refractivity contribution is 6.38. The zero-order valence-corrected chi connectivity index (χ0v) is 22.8. The number of nitrogens with zero attached hydrogens (tertiary/aromatic N) is 2. The Morgan fingerprint density at radius 1 is 1.25 bits per heavy atom. The summed E-state index contributed by atoms with van der Waals surface area (Å²) in [6.07, 6.45) is 2.80. The lowest BCUT2D eigenvalue weighted by molar-refractivity contribution is 0.0438. The number of anilines is 1. The molecule has 2 fully saturated rings. The van der Waals surface area contributed by atoms with Crippen molar-refractivity contribution in [2.24, 2.45) is 11.3 Å². The number of carboxylic acid groups (broad SMARTS) is 1.